The van der Waals surface area contributed by atoms with Crippen LogP contribution in [0.1, 0.15) is 11.1 Å². The summed E-state index contributed by atoms with van der Waals surface area (Å²) in [6, 6.07) is 21.5. The minimum atomic E-state index is -0.581. The number of hydrogen-bond acceptors (Lipinski definition) is 4. The zero-order valence-corrected chi connectivity index (χ0v) is 15.8. The van der Waals surface area contributed by atoms with Crippen molar-refractivity contribution in [2.24, 2.45) is 0 Å². The van der Waals surface area contributed by atoms with Crippen molar-refractivity contribution in [3.05, 3.63) is 77.9 Å². The Balaban J connectivity index is 1.36. The second kappa shape index (κ2) is 9.55. The van der Waals surface area contributed by atoms with Crippen LogP contribution in [0.15, 0.2) is 66.7 Å². The van der Waals surface area contributed by atoms with E-state index in [-0.39, 0.29) is 19.1 Å². The summed E-state index contributed by atoms with van der Waals surface area (Å²) in [6.07, 6.45) is 0.734. The largest absolute Gasteiger partial charge is 0.482 e. The minimum absolute atomic E-state index is 0.241. The van der Waals surface area contributed by atoms with Crippen LogP contribution < -0.4 is 10.1 Å². The molecule has 0 heterocycles. The van der Waals surface area contributed by atoms with Gasteiger partial charge in [0, 0.05) is 6.54 Å². The Labute approximate surface area is 164 Å². The summed E-state index contributed by atoms with van der Waals surface area (Å²) in [5, 5.41) is 4.88. The molecule has 3 rings (SSSR count). The summed E-state index contributed by atoms with van der Waals surface area (Å²) in [6.45, 7) is 1.98. The number of benzene rings is 3. The molecule has 0 bridgehead atoms. The zero-order valence-electron chi connectivity index (χ0n) is 15.8. The van der Waals surface area contributed by atoms with Gasteiger partial charge in [0.25, 0.3) is 5.91 Å². The Kier molecular flexibility index (Phi) is 6.63. The molecular formula is C23H23NO4. The van der Waals surface area contributed by atoms with E-state index >= 15 is 0 Å². The standard InChI is InChI=1S/C23H23NO4/c1-17-6-2-3-7-18(17)12-13-24-22(25)15-28-23(26)16-27-21-11-10-19-8-4-5-9-20(19)14-21/h2-11,14H,12-13,15-16H2,1H3,(H,24,25). The highest BCUT2D eigenvalue weighted by atomic mass is 16.6. The molecular weight excluding hydrogens is 354 g/mol. The first kappa shape index (κ1) is 19.4. The number of carbonyl (C=O) groups excluding carboxylic acids is 2. The minimum Gasteiger partial charge on any atom is -0.482 e. The SMILES string of the molecule is Cc1ccccc1CCNC(=O)COC(=O)COc1ccc2ccccc2c1. The van der Waals surface area contributed by atoms with Crippen LogP contribution in [0.5, 0.6) is 5.75 Å². The van der Waals surface area contributed by atoms with Crippen LogP contribution >= 0.6 is 0 Å². The highest BCUT2D eigenvalue weighted by Crippen LogP contribution is 2.20. The molecule has 3 aromatic carbocycles. The van der Waals surface area contributed by atoms with Gasteiger partial charge in [-0.3, -0.25) is 4.79 Å². The third-order valence-electron chi connectivity index (χ3n) is 4.42. The highest BCUT2D eigenvalue weighted by molar-refractivity contribution is 5.84. The normalized spacial score (nSPS) is 10.5. The molecule has 144 valence electrons. The second-order valence-corrected chi connectivity index (χ2v) is 6.48. The van der Waals surface area contributed by atoms with Gasteiger partial charge in [-0.25, -0.2) is 4.79 Å². The summed E-state index contributed by atoms with van der Waals surface area (Å²) in [5.74, 6) is -0.326. The number of ether oxygens (including phenoxy) is 2. The summed E-state index contributed by atoms with van der Waals surface area (Å²) in [5.41, 5.74) is 2.37. The zero-order chi connectivity index (χ0) is 19.8. The average molecular weight is 377 g/mol. The maximum atomic E-state index is 11.8. The molecule has 1 amide bonds. The maximum absolute atomic E-state index is 11.8. The van der Waals surface area contributed by atoms with E-state index < -0.39 is 5.97 Å². The number of nitrogens with one attached hydrogen (secondary N) is 1. The van der Waals surface area contributed by atoms with Crippen molar-refractivity contribution >= 4 is 22.6 Å². The fourth-order valence-electron chi connectivity index (χ4n) is 2.87. The summed E-state index contributed by atoms with van der Waals surface area (Å²) in [7, 11) is 0. The fraction of sp³-hybridized carbons (Fsp3) is 0.217. The van der Waals surface area contributed by atoms with Crippen LogP contribution in [0.25, 0.3) is 10.8 Å². The van der Waals surface area contributed by atoms with Gasteiger partial charge in [-0.2, -0.15) is 0 Å². The maximum Gasteiger partial charge on any atom is 0.344 e. The first-order chi connectivity index (χ1) is 13.6. The Morgan fingerprint density at radius 2 is 1.64 bits per heavy atom. The molecule has 0 saturated heterocycles. The van der Waals surface area contributed by atoms with Gasteiger partial charge >= 0.3 is 5.97 Å². The number of carbonyl (C=O) groups is 2. The monoisotopic (exact) mass is 377 g/mol. The van der Waals surface area contributed by atoms with Crippen LogP contribution in [0.4, 0.5) is 0 Å². The molecule has 0 saturated carbocycles. The number of aryl methyl sites for hydroxylation is 1. The van der Waals surface area contributed by atoms with Crippen LogP contribution in [0.2, 0.25) is 0 Å². The van der Waals surface area contributed by atoms with Gasteiger partial charge in [0.2, 0.25) is 0 Å². The molecule has 1 N–H and O–H groups in total. The molecule has 0 fully saturated rings. The molecule has 0 radical (unpaired) electrons. The van der Waals surface area contributed by atoms with Crippen molar-refractivity contribution in [1.82, 2.24) is 5.32 Å². The van der Waals surface area contributed by atoms with E-state index in [4.69, 9.17) is 9.47 Å². The number of amides is 1. The molecule has 0 aliphatic carbocycles. The van der Waals surface area contributed by atoms with E-state index in [1.807, 2.05) is 67.6 Å². The highest BCUT2D eigenvalue weighted by Gasteiger charge is 2.09. The Bertz CT molecular complexity index is 967. The summed E-state index contributed by atoms with van der Waals surface area (Å²) >= 11 is 0. The van der Waals surface area contributed by atoms with Gasteiger partial charge in [0.1, 0.15) is 5.75 Å². The lowest BCUT2D eigenvalue weighted by Gasteiger charge is -2.09. The average Bonchev–Trinajstić information content (AvgIpc) is 2.72. The van der Waals surface area contributed by atoms with Gasteiger partial charge in [-0.1, -0.05) is 54.6 Å². The lowest BCUT2D eigenvalue weighted by molar-refractivity contribution is -0.150. The van der Waals surface area contributed by atoms with Crippen molar-refractivity contribution < 1.29 is 19.1 Å². The Morgan fingerprint density at radius 3 is 2.46 bits per heavy atom. The van der Waals surface area contributed by atoms with Crippen LogP contribution in [-0.2, 0) is 20.7 Å². The number of hydrogen-bond donors (Lipinski definition) is 1. The quantitative estimate of drug-likeness (QED) is 0.611. The molecule has 5 heteroatoms. The molecule has 0 aromatic heterocycles. The first-order valence-electron chi connectivity index (χ1n) is 9.20. The van der Waals surface area contributed by atoms with Crippen molar-refractivity contribution in [2.75, 3.05) is 19.8 Å². The van der Waals surface area contributed by atoms with Crippen molar-refractivity contribution in [2.45, 2.75) is 13.3 Å². The molecule has 0 spiro atoms. The molecule has 0 unspecified atom stereocenters. The van der Waals surface area contributed by atoms with Gasteiger partial charge in [-0.05, 0) is 47.4 Å². The third kappa shape index (κ3) is 5.58. The van der Waals surface area contributed by atoms with Crippen LogP contribution in [-0.4, -0.2) is 31.6 Å². The Morgan fingerprint density at radius 1 is 0.893 bits per heavy atom. The van der Waals surface area contributed by atoms with E-state index in [1.165, 1.54) is 11.1 Å². The smallest absolute Gasteiger partial charge is 0.344 e. The van der Waals surface area contributed by atoms with Crippen molar-refractivity contribution in [1.29, 1.82) is 0 Å². The van der Waals surface area contributed by atoms with E-state index in [2.05, 4.69) is 5.32 Å². The molecule has 5 nitrogen and oxygen atoms in total. The summed E-state index contributed by atoms with van der Waals surface area (Å²) < 4.78 is 10.4. The first-order valence-corrected chi connectivity index (χ1v) is 9.20. The Hall–Kier alpha value is -3.34. The third-order valence-corrected chi connectivity index (χ3v) is 4.42. The van der Waals surface area contributed by atoms with Gasteiger partial charge < -0.3 is 14.8 Å². The molecule has 0 aliphatic heterocycles. The number of esters is 1. The topological polar surface area (TPSA) is 64.6 Å². The van der Waals surface area contributed by atoms with Gasteiger partial charge in [-0.15, -0.1) is 0 Å². The van der Waals surface area contributed by atoms with Crippen LogP contribution in [0.3, 0.4) is 0 Å². The fourth-order valence-corrected chi connectivity index (χ4v) is 2.87. The van der Waals surface area contributed by atoms with Crippen LogP contribution in [0, 0.1) is 6.92 Å². The van der Waals surface area contributed by atoms with Crippen molar-refractivity contribution in [3.63, 3.8) is 0 Å². The molecule has 0 atom stereocenters. The number of rotatable bonds is 8. The predicted octanol–water partition coefficient (Wildman–Crippen LogP) is 3.43. The summed E-state index contributed by atoms with van der Waals surface area (Å²) in [4.78, 5) is 23.6. The van der Waals surface area contributed by atoms with E-state index in [9.17, 15) is 9.59 Å². The van der Waals surface area contributed by atoms with E-state index in [0.717, 1.165) is 17.2 Å². The molecule has 0 aliphatic rings. The van der Waals surface area contributed by atoms with Gasteiger partial charge in [0.05, 0.1) is 0 Å². The van der Waals surface area contributed by atoms with Gasteiger partial charge in [0.15, 0.2) is 13.2 Å². The lowest BCUT2D eigenvalue weighted by atomic mass is 10.1. The van der Waals surface area contributed by atoms with Crippen molar-refractivity contribution in [3.8, 4) is 5.75 Å². The molecule has 28 heavy (non-hydrogen) atoms. The number of fused-ring (bicyclic) bond motifs is 1. The van der Waals surface area contributed by atoms with E-state index in [0.29, 0.717) is 12.3 Å². The second-order valence-electron chi connectivity index (χ2n) is 6.48. The molecule has 3 aromatic rings. The lowest BCUT2D eigenvalue weighted by Crippen LogP contribution is -2.31. The van der Waals surface area contributed by atoms with E-state index in [1.54, 1.807) is 6.07 Å². The predicted molar refractivity (Wildman–Crippen MR) is 108 cm³/mol.